The van der Waals surface area contributed by atoms with Crippen LogP contribution in [0.3, 0.4) is 0 Å². The third kappa shape index (κ3) is 2.86. The number of hydrogen-bond acceptors (Lipinski definition) is 4. The predicted octanol–water partition coefficient (Wildman–Crippen LogP) is 4.30. The topological polar surface area (TPSA) is 31.4 Å². The van der Waals surface area contributed by atoms with Gasteiger partial charge in [0.2, 0.25) is 0 Å². The van der Waals surface area contributed by atoms with E-state index in [-0.39, 0.29) is 18.3 Å². The number of fused-ring (bicyclic) bond motifs is 1. The van der Waals surface area contributed by atoms with Gasteiger partial charge in [-0.15, -0.1) is 11.3 Å². The summed E-state index contributed by atoms with van der Waals surface area (Å²) in [6.45, 7) is 10.6. The second-order valence-electron chi connectivity index (χ2n) is 8.20. The molecule has 2 aromatic rings. The Morgan fingerprint density at radius 2 is 1.72 bits per heavy atom. The van der Waals surface area contributed by atoms with Gasteiger partial charge in [0.05, 0.1) is 16.9 Å². The molecule has 0 radical (unpaired) electrons. The number of hydrogen-bond donors (Lipinski definition) is 0. The Morgan fingerprint density at radius 1 is 1.04 bits per heavy atom. The first-order valence-corrected chi connectivity index (χ1v) is 10.0. The van der Waals surface area contributed by atoms with Gasteiger partial charge in [-0.2, -0.15) is 0 Å². The van der Waals surface area contributed by atoms with Gasteiger partial charge in [0, 0.05) is 10.4 Å². The molecule has 132 valence electrons. The van der Waals surface area contributed by atoms with Crippen LogP contribution >= 0.6 is 11.3 Å². The highest BCUT2D eigenvalue weighted by Crippen LogP contribution is 2.38. The van der Waals surface area contributed by atoms with Crippen LogP contribution in [0.5, 0.6) is 0 Å². The van der Waals surface area contributed by atoms with E-state index in [0.717, 1.165) is 16.9 Å². The molecule has 1 aromatic heterocycles. The van der Waals surface area contributed by atoms with E-state index in [2.05, 4.69) is 52.8 Å². The molecule has 1 aromatic carbocycles. The average molecular weight is 355 g/mol. The Labute approximate surface area is 154 Å². The van der Waals surface area contributed by atoms with Crippen molar-refractivity contribution >= 4 is 23.9 Å². The summed E-state index contributed by atoms with van der Waals surface area (Å²) in [6.07, 6.45) is 4.87. The molecule has 2 heterocycles. The number of aromatic nitrogens is 1. The maximum absolute atomic E-state index is 6.26. The minimum absolute atomic E-state index is 0.319. The Hall–Kier alpha value is -1.17. The van der Waals surface area contributed by atoms with Crippen molar-refractivity contribution in [3.8, 4) is 10.6 Å². The van der Waals surface area contributed by atoms with E-state index < -0.39 is 0 Å². The molecule has 0 N–H and O–H groups in total. The Bertz CT molecular complexity index is 773. The standard InChI is InChI=1S/C20H26BNO2S/c1-13-14(18-22-16-11-6-7-12-17(16)25-18)9-8-10-15(13)21-23-19(2,3)20(4,5)24-21/h8-10H,6-7,11-12H2,1-5H3. The number of benzene rings is 1. The van der Waals surface area contributed by atoms with Gasteiger partial charge in [-0.25, -0.2) is 4.98 Å². The number of thiazole rings is 1. The second-order valence-corrected chi connectivity index (χ2v) is 9.29. The normalized spacial score (nSPS) is 21.4. The Morgan fingerprint density at radius 3 is 2.40 bits per heavy atom. The van der Waals surface area contributed by atoms with Gasteiger partial charge in [-0.1, -0.05) is 18.2 Å². The van der Waals surface area contributed by atoms with Gasteiger partial charge >= 0.3 is 7.12 Å². The van der Waals surface area contributed by atoms with E-state index in [1.54, 1.807) is 0 Å². The van der Waals surface area contributed by atoms with Crippen LogP contribution in [0.15, 0.2) is 18.2 Å². The van der Waals surface area contributed by atoms with E-state index in [9.17, 15) is 0 Å². The third-order valence-corrected chi connectivity index (χ3v) is 7.15. The van der Waals surface area contributed by atoms with Crippen LogP contribution in [0.2, 0.25) is 0 Å². The van der Waals surface area contributed by atoms with E-state index in [1.807, 2.05) is 11.3 Å². The summed E-state index contributed by atoms with van der Waals surface area (Å²) in [7, 11) is -0.320. The van der Waals surface area contributed by atoms with Crippen molar-refractivity contribution in [1.82, 2.24) is 4.98 Å². The summed E-state index contributed by atoms with van der Waals surface area (Å²) in [5.41, 5.74) is 4.22. The Kier molecular flexibility index (Phi) is 4.10. The lowest BCUT2D eigenvalue weighted by molar-refractivity contribution is 0.00578. The fraction of sp³-hybridized carbons (Fsp3) is 0.550. The van der Waals surface area contributed by atoms with Crippen LogP contribution in [0.25, 0.3) is 10.6 Å². The molecule has 2 aliphatic rings. The van der Waals surface area contributed by atoms with Gasteiger partial charge in [-0.3, -0.25) is 0 Å². The molecule has 0 bridgehead atoms. The quantitative estimate of drug-likeness (QED) is 0.753. The van der Waals surface area contributed by atoms with Gasteiger partial charge in [0.25, 0.3) is 0 Å². The van der Waals surface area contributed by atoms with Gasteiger partial charge in [0.1, 0.15) is 5.01 Å². The molecule has 0 saturated carbocycles. The highest BCUT2D eigenvalue weighted by Gasteiger charge is 2.52. The summed E-state index contributed by atoms with van der Waals surface area (Å²) >= 11 is 1.86. The van der Waals surface area contributed by atoms with Crippen molar-refractivity contribution in [3.05, 3.63) is 34.3 Å². The van der Waals surface area contributed by atoms with Crippen molar-refractivity contribution < 1.29 is 9.31 Å². The fourth-order valence-corrected chi connectivity index (χ4v) is 4.81. The van der Waals surface area contributed by atoms with Crippen LogP contribution in [0.4, 0.5) is 0 Å². The zero-order valence-electron chi connectivity index (χ0n) is 15.8. The van der Waals surface area contributed by atoms with Crippen LogP contribution in [0, 0.1) is 6.92 Å². The molecular weight excluding hydrogens is 329 g/mol. The molecule has 0 atom stereocenters. The van der Waals surface area contributed by atoms with Crippen molar-refractivity contribution in [2.45, 2.75) is 71.5 Å². The van der Waals surface area contributed by atoms with Crippen molar-refractivity contribution in [2.75, 3.05) is 0 Å². The highest BCUT2D eigenvalue weighted by atomic mass is 32.1. The van der Waals surface area contributed by atoms with E-state index in [1.165, 1.54) is 41.0 Å². The maximum atomic E-state index is 6.26. The van der Waals surface area contributed by atoms with Crippen LogP contribution in [-0.4, -0.2) is 23.3 Å². The van der Waals surface area contributed by atoms with Crippen LogP contribution in [-0.2, 0) is 22.2 Å². The van der Waals surface area contributed by atoms with E-state index in [0.29, 0.717) is 0 Å². The lowest BCUT2D eigenvalue weighted by Crippen LogP contribution is -2.41. The molecule has 0 unspecified atom stereocenters. The maximum Gasteiger partial charge on any atom is 0.495 e. The summed E-state index contributed by atoms with van der Waals surface area (Å²) in [5.74, 6) is 0. The SMILES string of the molecule is Cc1c(B2OC(C)(C)C(C)(C)O2)cccc1-c1nc2c(s1)CCCC2. The Balaban J connectivity index is 1.71. The molecule has 1 aliphatic heterocycles. The lowest BCUT2D eigenvalue weighted by Gasteiger charge is -2.32. The molecule has 1 fully saturated rings. The zero-order chi connectivity index (χ0) is 17.8. The molecule has 0 spiro atoms. The molecule has 0 amide bonds. The summed E-state index contributed by atoms with van der Waals surface area (Å²) in [6, 6.07) is 6.39. The fourth-order valence-electron chi connectivity index (χ4n) is 3.58. The first-order chi connectivity index (χ1) is 11.8. The molecule has 1 aliphatic carbocycles. The molecule has 25 heavy (non-hydrogen) atoms. The van der Waals surface area contributed by atoms with Crippen molar-refractivity contribution in [2.24, 2.45) is 0 Å². The van der Waals surface area contributed by atoms with Gasteiger partial charge in [0.15, 0.2) is 0 Å². The molecule has 3 nitrogen and oxygen atoms in total. The molecular formula is C20H26BNO2S. The average Bonchev–Trinajstić information content (AvgIpc) is 3.05. The smallest absolute Gasteiger partial charge is 0.399 e. The molecule has 5 heteroatoms. The zero-order valence-corrected chi connectivity index (χ0v) is 16.6. The first kappa shape index (κ1) is 17.3. The third-order valence-electron chi connectivity index (χ3n) is 5.96. The minimum atomic E-state index is -0.320. The summed E-state index contributed by atoms with van der Waals surface area (Å²) < 4.78 is 12.5. The minimum Gasteiger partial charge on any atom is -0.399 e. The van der Waals surface area contributed by atoms with Crippen LogP contribution < -0.4 is 5.46 Å². The molecule has 1 saturated heterocycles. The number of nitrogens with zero attached hydrogens (tertiary/aromatic N) is 1. The highest BCUT2D eigenvalue weighted by molar-refractivity contribution is 7.15. The lowest BCUT2D eigenvalue weighted by atomic mass is 9.75. The van der Waals surface area contributed by atoms with Crippen LogP contribution in [0.1, 0.15) is 56.7 Å². The van der Waals surface area contributed by atoms with Crippen molar-refractivity contribution in [3.63, 3.8) is 0 Å². The first-order valence-electron chi connectivity index (χ1n) is 9.22. The summed E-state index contributed by atoms with van der Waals surface area (Å²) in [4.78, 5) is 6.42. The van der Waals surface area contributed by atoms with Gasteiger partial charge < -0.3 is 9.31 Å². The molecule has 4 rings (SSSR count). The van der Waals surface area contributed by atoms with E-state index >= 15 is 0 Å². The number of rotatable bonds is 2. The monoisotopic (exact) mass is 355 g/mol. The van der Waals surface area contributed by atoms with E-state index in [4.69, 9.17) is 14.3 Å². The predicted molar refractivity (Wildman–Crippen MR) is 105 cm³/mol. The van der Waals surface area contributed by atoms with Gasteiger partial charge in [-0.05, 0) is 71.3 Å². The second kappa shape index (κ2) is 5.93. The summed E-state index contributed by atoms with van der Waals surface area (Å²) in [5, 5.41) is 1.14. The van der Waals surface area contributed by atoms with Crippen molar-refractivity contribution in [1.29, 1.82) is 0 Å². The largest absolute Gasteiger partial charge is 0.495 e. The number of aryl methyl sites for hydroxylation is 2.